The number of aliphatic hydroxyl groups is 1. The van der Waals surface area contributed by atoms with Gasteiger partial charge in [0.25, 0.3) is 11.8 Å². The number of carbonyl (C=O) groups excluding carboxylic acids is 2. The number of thiophene rings is 1. The van der Waals surface area contributed by atoms with Crippen molar-refractivity contribution in [3.8, 4) is 0 Å². The number of aryl methyl sites for hydroxylation is 1. The van der Waals surface area contributed by atoms with Crippen molar-refractivity contribution in [3.05, 3.63) is 40.7 Å². The van der Waals surface area contributed by atoms with E-state index in [1.54, 1.807) is 23.1 Å². The molecule has 0 saturated carbocycles. The predicted octanol–water partition coefficient (Wildman–Crippen LogP) is 2.50. The number of nitrogens with zero attached hydrogens (tertiary/aromatic N) is 1. The van der Waals surface area contributed by atoms with Gasteiger partial charge in [-0.2, -0.15) is 0 Å². The number of amides is 2. The lowest BCUT2D eigenvalue weighted by molar-refractivity contribution is 0.0681. The van der Waals surface area contributed by atoms with Gasteiger partial charge in [0.15, 0.2) is 5.76 Å². The van der Waals surface area contributed by atoms with Crippen LogP contribution in [0.3, 0.4) is 0 Å². The fourth-order valence-corrected chi connectivity index (χ4v) is 3.78. The first-order chi connectivity index (χ1) is 11.1. The highest BCUT2D eigenvalue weighted by Crippen LogP contribution is 2.30. The number of aliphatic hydroxyl groups excluding tert-OH is 1. The molecule has 0 unspecified atom stereocenters. The minimum atomic E-state index is -0.343. The Hall–Kier alpha value is -2.12. The zero-order valence-electron chi connectivity index (χ0n) is 12.7. The number of likely N-dealkylation sites (tertiary alicyclic amines) is 1. The molecule has 1 aliphatic heterocycles. The smallest absolute Gasteiger partial charge is 0.291 e. The van der Waals surface area contributed by atoms with Crippen molar-refractivity contribution >= 4 is 28.2 Å². The topological polar surface area (TPSA) is 82.8 Å². The molecule has 2 N–H and O–H groups in total. The summed E-state index contributed by atoms with van der Waals surface area (Å²) in [6.07, 6.45) is 3.17. The zero-order valence-corrected chi connectivity index (χ0v) is 13.6. The first-order valence-corrected chi connectivity index (χ1v) is 8.29. The average molecular weight is 334 g/mol. The summed E-state index contributed by atoms with van der Waals surface area (Å²) in [6, 6.07) is 4.90. The van der Waals surface area contributed by atoms with E-state index in [0.29, 0.717) is 16.4 Å². The Morgan fingerprint density at radius 1 is 1.52 bits per heavy atom. The molecule has 0 spiro atoms. The molecule has 0 bridgehead atoms. The second-order valence-corrected chi connectivity index (χ2v) is 6.58. The van der Waals surface area contributed by atoms with Crippen LogP contribution in [-0.2, 0) is 0 Å². The zero-order chi connectivity index (χ0) is 16.4. The summed E-state index contributed by atoms with van der Waals surface area (Å²) >= 11 is 1.25. The fraction of sp³-hybridized carbons (Fsp3) is 0.375. The Bertz CT molecular complexity index is 708. The molecule has 7 heteroatoms. The van der Waals surface area contributed by atoms with Gasteiger partial charge in [0.1, 0.15) is 0 Å². The van der Waals surface area contributed by atoms with E-state index in [9.17, 15) is 14.7 Å². The van der Waals surface area contributed by atoms with E-state index < -0.39 is 0 Å². The summed E-state index contributed by atoms with van der Waals surface area (Å²) in [6.45, 7) is 2.49. The summed E-state index contributed by atoms with van der Waals surface area (Å²) in [5.74, 6) is -0.198. The average Bonchev–Trinajstić information content (AvgIpc) is 3.27. The van der Waals surface area contributed by atoms with Gasteiger partial charge >= 0.3 is 0 Å². The van der Waals surface area contributed by atoms with Gasteiger partial charge in [-0.05, 0) is 43.5 Å². The van der Waals surface area contributed by atoms with Gasteiger partial charge in [-0.15, -0.1) is 11.3 Å². The van der Waals surface area contributed by atoms with Crippen LogP contribution in [0.25, 0.3) is 0 Å². The van der Waals surface area contributed by atoms with E-state index >= 15 is 0 Å². The molecular formula is C16H18N2O4S. The summed E-state index contributed by atoms with van der Waals surface area (Å²) in [5.41, 5.74) is 0.818. The van der Waals surface area contributed by atoms with Gasteiger partial charge < -0.3 is 19.7 Å². The molecule has 0 aromatic carbocycles. The quantitative estimate of drug-likeness (QED) is 0.900. The molecule has 2 aromatic rings. The van der Waals surface area contributed by atoms with Crippen LogP contribution in [-0.4, -0.2) is 41.0 Å². The second kappa shape index (κ2) is 6.55. The first kappa shape index (κ1) is 15.8. The number of furan rings is 1. The number of hydrogen-bond donors (Lipinski definition) is 2. The lowest BCUT2D eigenvalue weighted by atomic mass is 10.2. The van der Waals surface area contributed by atoms with Crippen LogP contribution in [0.5, 0.6) is 0 Å². The lowest BCUT2D eigenvalue weighted by Crippen LogP contribution is -2.37. The third-order valence-electron chi connectivity index (χ3n) is 3.94. The van der Waals surface area contributed by atoms with Crippen LogP contribution in [0, 0.1) is 6.92 Å². The minimum absolute atomic E-state index is 0.0156. The van der Waals surface area contributed by atoms with E-state index in [4.69, 9.17) is 4.42 Å². The predicted molar refractivity (Wildman–Crippen MR) is 86.9 cm³/mol. The molecule has 2 amide bonds. The molecule has 6 nitrogen and oxygen atoms in total. The van der Waals surface area contributed by atoms with E-state index in [2.05, 4.69) is 5.32 Å². The Balaban J connectivity index is 1.75. The highest BCUT2D eigenvalue weighted by atomic mass is 32.1. The number of rotatable bonds is 4. The van der Waals surface area contributed by atoms with Crippen LogP contribution in [0.15, 0.2) is 28.9 Å². The minimum Gasteiger partial charge on any atom is -0.459 e. The van der Waals surface area contributed by atoms with Crippen molar-refractivity contribution in [1.82, 2.24) is 4.90 Å². The van der Waals surface area contributed by atoms with Gasteiger partial charge in [0.05, 0.1) is 28.8 Å². The fourth-order valence-electron chi connectivity index (χ4n) is 2.76. The molecule has 23 heavy (non-hydrogen) atoms. The number of hydrogen-bond acceptors (Lipinski definition) is 5. The van der Waals surface area contributed by atoms with Crippen LogP contribution < -0.4 is 5.32 Å². The summed E-state index contributed by atoms with van der Waals surface area (Å²) in [7, 11) is 0. The third kappa shape index (κ3) is 3.16. The van der Waals surface area contributed by atoms with Gasteiger partial charge in [-0.25, -0.2) is 0 Å². The van der Waals surface area contributed by atoms with Gasteiger partial charge in [0, 0.05) is 6.54 Å². The molecule has 2 aromatic heterocycles. The van der Waals surface area contributed by atoms with Crippen molar-refractivity contribution in [2.75, 3.05) is 18.5 Å². The summed E-state index contributed by atoms with van der Waals surface area (Å²) in [4.78, 5) is 27.0. The van der Waals surface area contributed by atoms with Crippen LogP contribution in [0.1, 0.15) is 38.6 Å². The second-order valence-electron chi connectivity index (χ2n) is 5.53. The number of carbonyl (C=O) groups is 2. The van der Waals surface area contributed by atoms with E-state index in [1.165, 1.54) is 17.6 Å². The van der Waals surface area contributed by atoms with Crippen molar-refractivity contribution in [2.45, 2.75) is 25.8 Å². The van der Waals surface area contributed by atoms with E-state index in [-0.39, 0.29) is 30.2 Å². The van der Waals surface area contributed by atoms with Crippen molar-refractivity contribution < 1.29 is 19.1 Å². The monoisotopic (exact) mass is 334 g/mol. The molecular weight excluding hydrogens is 316 g/mol. The lowest BCUT2D eigenvalue weighted by Gasteiger charge is -2.22. The molecule has 0 radical (unpaired) electrons. The maximum atomic E-state index is 12.7. The Kier molecular flexibility index (Phi) is 4.49. The highest BCUT2D eigenvalue weighted by Gasteiger charge is 2.30. The normalized spacial score (nSPS) is 17.5. The summed E-state index contributed by atoms with van der Waals surface area (Å²) < 4.78 is 5.05. The number of anilines is 1. The molecule has 1 fully saturated rings. The van der Waals surface area contributed by atoms with Crippen LogP contribution in [0.2, 0.25) is 0 Å². The van der Waals surface area contributed by atoms with Crippen molar-refractivity contribution in [1.29, 1.82) is 0 Å². The van der Waals surface area contributed by atoms with Crippen LogP contribution >= 0.6 is 11.3 Å². The SMILES string of the molecule is Cc1cc(NC(=O)c2ccco2)sc1C(=O)N1CCC[C@@H]1CO. The van der Waals surface area contributed by atoms with Crippen molar-refractivity contribution in [2.24, 2.45) is 0 Å². The summed E-state index contributed by atoms with van der Waals surface area (Å²) in [5, 5.41) is 12.7. The van der Waals surface area contributed by atoms with E-state index in [0.717, 1.165) is 18.4 Å². The largest absolute Gasteiger partial charge is 0.459 e. The first-order valence-electron chi connectivity index (χ1n) is 7.47. The van der Waals surface area contributed by atoms with Gasteiger partial charge in [-0.3, -0.25) is 9.59 Å². The van der Waals surface area contributed by atoms with Gasteiger partial charge in [0.2, 0.25) is 0 Å². The standard InChI is InChI=1S/C16H18N2O4S/c1-10-8-13(17-15(20)12-5-3-7-22-12)23-14(10)16(21)18-6-2-4-11(18)9-19/h3,5,7-8,11,19H,2,4,6,9H2,1H3,(H,17,20)/t11-/m1/s1. The molecule has 3 heterocycles. The maximum absolute atomic E-state index is 12.7. The highest BCUT2D eigenvalue weighted by molar-refractivity contribution is 7.18. The molecule has 1 saturated heterocycles. The molecule has 122 valence electrons. The maximum Gasteiger partial charge on any atom is 0.291 e. The molecule has 1 atom stereocenters. The molecule has 1 aliphatic rings. The number of nitrogens with one attached hydrogen (secondary N) is 1. The third-order valence-corrected chi connectivity index (χ3v) is 5.08. The van der Waals surface area contributed by atoms with Crippen molar-refractivity contribution in [3.63, 3.8) is 0 Å². The molecule has 3 rings (SSSR count). The van der Waals surface area contributed by atoms with E-state index in [1.807, 2.05) is 6.92 Å². The Labute approximate surface area is 137 Å². The van der Waals surface area contributed by atoms with Crippen LogP contribution in [0.4, 0.5) is 5.00 Å². The van der Waals surface area contributed by atoms with Gasteiger partial charge in [-0.1, -0.05) is 0 Å². The Morgan fingerprint density at radius 3 is 3.04 bits per heavy atom. The Morgan fingerprint density at radius 2 is 2.35 bits per heavy atom. The molecule has 0 aliphatic carbocycles.